The number of oxazole rings is 1. The first-order valence-corrected chi connectivity index (χ1v) is 17.2. The molecule has 0 radical (unpaired) electrons. The summed E-state index contributed by atoms with van der Waals surface area (Å²) in [6.45, 7) is 8.41. The van der Waals surface area contributed by atoms with Gasteiger partial charge in [0, 0.05) is 43.7 Å². The van der Waals surface area contributed by atoms with Gasteiger partial charge in [0.25, 0.3) is 10.0 Å². The van der Waals surface area contributed by atoms with Crippen molar-refractivity contribution in [2.45, 2.75) is 76.8 Å². The van der Waals surface area contributed by atoms with E-state index in [1.54, 1.807) is 13.0 Å². The number of ether oxygens (including phenoxy) is 2. The van der Waals surface area contributed by atoms with Crippen LogP contribution in [0.3, 0.4) is 0 Å². The zero-order valence-electron chi connectivity index (χ0n) is 26.3. The van der Waals surface area contributed by atoms with Crippen molar-refractivity contribution in [3.8, 4) is 0 Å². The third-order valence-corrected chi connectivity index (χ3v) is 10.4. The van der Waals surface area contributed by atoms with Crippen molar-refractivity contribution in [1.29, 1.82) is 0 Å². The predicted molar refractivity (Wildman–Crippen MR) is 167 cm³/mol. The minimum Gasteiger partial charge on any atom is -0.462 e. The molecule has 1 aliphatic heterocycles. The van der Waals surface area contributed by atoms with Crippen LogP contribution in [0.25, 0.3) is 11.1 Å². The molecule has 1 aromatic heterocycles. The van der Waals surface area contributed by atoms with E-state index in [2.05, 4.69) is 9.82 Å². The number of hydrogen-bond acceptors (Lipinski definition) is 10. The topological polar surface area (TPSA) is 151 Å². The number of hydrogen-bond donors (Lipinski definition) is 3. The lowest BCUT2D eigenvalue weighted by Crippen LogP contribution is -2.48. The number of sulfonamides is 1. The Morgan fingerprint density at radius 1 is 1.20 bits per heavy atom. The van der Waals surface area contributed by atoms with Gasteiger partial charge in [-0.15, -0.1) is 4.83 Å². The van der Waals surface area contributed by atoms with Gasteiger partial charge >= 0.3 is 5.97 Å². The first-order valence-electron chi connectivity index (χ1n) is 15.8. The fourth-order valence-electron chi connectivity index (χ4n) is 6.51. The number of nitrogens with zero attached hydrogens (tertiary/aromatic N) is 2. The smallest absolute Gasteiger partial charge is 0.306 e. The monoisotopic (exact) mass is 643 g/mol. The van der Waals surface area contributed by atoms with Crippen LogP contribution in [0.5, 0.6) is 0 Å². The van der Waals surface area contributed by atoms with E-state index in [0.29, 0.717) is 43.0 Å². The number of hydrazine groups is 1. The molecular formula is C33H45N3O8S. The largest absolute Gasteiger partial charge is 0.462 e. The molecule has 2 heterocycles. The summed E-state index contributed by atoms with van der Waals surface area (Å²) in [7, 11) is -4.02. The maximum atomic E-state index is 13.5. The number of aryl methyl sites for hydroxylation is 1. The van der Waals surface area contributed by atoms with Gasteiger partial charge in [0.1, 0.15) is 11.6 Å². The first-order chi connectivity index (χ1) is 21.4. The summed E-state index contributed by atoms with van der Waals surface area (Å²) >= 11 is 0. The van der Waals surface area contributed by atoms with Crippen LogP contribution in [-0.2, 0) is 30.7 Å². The van der Waals surface area contributed by atoms with Gasteiger partial charge in [0.15, 0.2) is 17.8 Å². The number of esters is 1. The van der Waals surface area contributed by atoms with Crippen molar-refractivity contribution >= 4 is 27.1 Å². The van der Waals surface area contributed by atoms with Crippen LogP contribution in [0.15, 0.2) is 57.8 Å². The second-order valence-electron chi connectivity index (χ2n) is 13.0. The van der Waals surface area contributed by atoms with Gasteiger partial charge in [-0.05, 0) is 48.9 Å². The predicted octanol–water partition coefficient (Wildman–Crippen LogP) is 3.82. The van der Waals surface area contributed by atoms with E-state index in [9.17, 15) is 23.4 Å². The number of carbonyl (C=O) groups is 1. The van der Waals surface area contributed by atoms with Crippen LogP contribution >= 0.6 is 0 Å². The van der Waals surface area contributed by atoms with Crippen LogP contribution < -0.4 is 4.83 Å². The summed E-state index contributed by atoms with van der Waals surface area (Å²) in [5, 5.41) is 23.3. The van der Waals surface area contributed by atoms with Gasteiger partial charge < -0.3 is 24.1 Å². The zero-order valence-corrected chi connectivity index (χ0v) is 27.2. The number of aliphatic hydroxyl groups is 2. The highest BCUT2D eigenvalue weighted by Crippen LogP contribution is 2.44. The molecule has 2 bridgehead atoms. The minimum absolute atomic E-state index is 0.0242. The lowest BCUT2D eigenvalue weighted by Gasteiger charge is -2.30. The quantitative estimate of drug-likeness (QED) is 0.175. The van der Waals surface area contributed by atoms with E-state index in [0.717, 1.165) is 12.0 Å². The van der Waals surface area contributed by atoms with Crippen molar-refractivity contribution in [3.63, 3.8) is 0 Å². The van der Waals surface area contributed by atoms with Gasteiger partial charge in [0.05, 0.1) is 24.0 Å². The van der Waals surface area contributed by atoms with Crippen LogP contribution in [0.1, 0.15) is 51.5 Å². The van der Waals surface area contributed by atoms with Gasteiger partial charge in [-0.3, -0.25) is 4.79 Å². The summed E-state index contributed by atoms with van der Waals surface area (Å²) in [4.78, 5) is 20.3. The molecule has 1 saturated carbocycles. The molecule has 1 aliphatic carbocycles. The lowest BCUT2D eigenvalue weighted by atomic mass is 9.90. The van der Waals surface area contributed by atoms with E-state index in [1.165, 1.54) is 17.1 Å². The molecule has 2 aliphatic rings. The van der Waals surface area contributed by atoms with Crippen LogP contribution in [0, 0.1) is 36.5 Å². The van der Waals surface area contributed by atoms with Crippen LogP contribution in [-0.4, -0.2) is 72.8 Å². The Hall–Kier alpha value is -2.87. The molecule has 3 aromatic rings. The number of nitrogens with one attached hydrogen (secondary N) is 1. The fourth-order valence-corrected chi connectivity index (χ4v) is 7.64. The molecular weight excluding hydrogens is 598 g/mol. The Labute approximate surface area is 264 Å². The minimum atomic E-state index is -4.02. The molecule has 45 heavy (non-hydrogen) atoms. The zero-order chi connectivity index (χ0) is 32.3. The van der Waals surface area contributed by atoms with E-state index < -0.39 is 34.3 Å². The van der Waals surface area contributed by atoms with Gasteiger partial charge in [-0.1, -0.05) is 51.1 Å². The second-order valence-corrected chi connectivity index (χ2v) is 14.7. The molecule has 2 fully saturated rings. The highest BCUT2D eigenvalue weighted by molar-refractivity contribution is 7.89. The first kappa shape index (κ1) is 33.5. The normalized spacial score (nSPS) is 24.8. The third-order valence-electron chi connectivity index (χ3n) is 9.07. The number of fused-ring (bicyclic) bond motifs is 3. The molecule has 2 aromatic carbocycles. The molecule has 0 amide bonds. The molecule has 0 spiro atoms. The molecule has 11 nitrogen and oxygen atoms in total. The van der Waals surface area contributed by atoms with Crippen molar-refractivity contribution < 1.29 is 37.3 Å². The van der Waals surface area contributed by atoms with E-state index in [1.807, 2.05) is 51.1 Å². The Morgan fingerprint density at radius 2 is 1.96 bits per heavy atom. The Balaban J connectivity index is 1.31. The van der Waals surface area contributed by atoms with Crippen LogP contribution in [0.2, 0.25) is 0 Å². The van der Waals surface area contributed by atoms with E-state index in [-0.39, 0.29) is 47.6 Å². The lowest BCUT2D eigenvalue weighted by molar-refractivity contribution is -0.164. The van der Waals surface area contributed by atoms with Crippen LogP contribution in [0.4, 0.5) is 0 Å². The second kappa shape index (κ2) is 14.3. The molecule has 5 rings (SSSR count). The van der Waals surface area contributed by atoms with Crippen molar-refractivity contribution in [2.24, 2.45) is 29.6 Å². The fraction of sp³-hybridized carbons (Fsp3) is 0.576. The standard InChI is InChI=1S/C33H45N3O8S/c1-20(2)12-13-36(35-45(40,41)26-10-11-30-28(17-26)34-22(4)43-30)18-29(37)24(14-23-8-6-5-7-9-23)16-31(38)44-32-21(3)27-15-25(32)19-42-33(27)39/h5-11,17,20-21,24-25,27,29,32-33,35,37,39H,12-16,18-19H2,1-4H3/t21?,24-,25?,27?,29-,32?,33?/m1/s1. The van der Waals surface area contributed by atoms with Crippen molar-refractivity contribution in [3.05, 3.63) is 60.0 Å². The molecule has 3 N–H and O–H groups in total. The maximum Gasteiger partial charge on any atom is 0.306 e. The molecule has 5 unspecified atom stereocenters. The average molecular weight is 644 g/mol. The number of rotatable bonds is 14. The SMILES string of the molecule is Cc1nc2cc(S(=O)(=O)NN(CCC(C)C)C[C@@H](O)[C@@H](CC(=O)OC3C4COC(O)C(C4)C3C)Cc3ccccc3)ccc2o1. The molecule has 246 valence electrons. The molecule has 1 saturated heterocycles. The highest BCUT2D eigenvalue weighted by Gasteiger charge is 2.49. The maximum absolute atomic E-state index is 13.5. The third kappa shape index (κ3) is 8.30. The number of aliphatic hydroxyl groups excluding tert-OH is 2. The van der Waals surface area contributed by atoms with Gasteiger partial charge in [-0.2, -0.15) is 0 Å². The summed E-state index contributed by atoms with van der Waals surface area (Å²) in [6, 6.07) is 14.1. The van der Waals surface area contributed by atoms with Gasteiger partial charge in [-0.25, -0.2) is 18.4 Å². The van der Waals surface area contributed by atoms with E-state index >= 15 is 0 Å². The number of benzene rings is 2. The Morgan fingerprint density at radius 3 is 2.67 bits per heavy atom. The summed E-state index contributed by atoms with van der Waals surface area (Å²) in [5.74, 6) is -0.351. The molecule has 12 heteroatoms. The summed E-state index contributed by atoms with van der Waals surface area (Å²) in [5.41, 5.74) is 1.88. The highest BCUT2D eigenvalue weighted by atomic mass is 32.2. The summed E-state index contributed by atoms with van der Waals surface area (Å²) < 4.78 is 44.0. The Bertz CT molecular complexity index is 1550. The van der Waals surface area contributed by atoms with Gasteiger partial charge in [0.2, 0.25) is 0 Å². The number of aromatic nitrogens is 1. The van der Waals surface area contributed by atoms with E-state index in [4.69, 9.17) is 13.9 Å². The average Bonchev–Trinajstić information content (AvgIpc) is 3.49. The number of carbonyl (C=O) groups excluding carboxylic acids is 1. The molecule has 7 atom stereocenters. The Kier molecular flexibility index (Phi) is 10.6. The van der Waals surface area contributed by atoms with Crippen molar-refractivity contribution in [2.75, 3.05) is 19.7 Å². The van der Waals surface area contributed by atoms with Crippen molar-refractivity contribution in [1.82, 2.24) is 14.8 Å². The summed E-state index contributed by atoms with van der Waals surface area (Å²) in [6.07, 6.45) is -0.503.